The van der Waals surface area contributed by atoms with Crippen molar-refractivity contribution in [2.75, 3.05) is 6.54 Å². The fourth-order valence-electron chi connectivity index (χ4n) is 3.09. The first-order valence-electron chi connectivity index (χ1n) is 9.13. The number of nitrogens with one attached hydrogen (secondary N) is 1. The van der Waals surface area contributed by atoms with Crippen LogP contribution in [-0.2, 0) is 19.4 Å². The molecule has 0 aliphatic rings. The molecule has 1 amide bonds. The van der Waals surface area contributed by atoms with Crippen LogP contribution >= 0.6 is 0 Å². The van der Waals surface area contributed by atoms with Gasteiger partial charge in [0.1, 0.15) is 5.56 Å². The summed E-state index contributed by atoms with van der Waals surface area (Å²) in [5.74, 6) is -0.281. The van der Waals surface area contributed by atoms with E-state index in [2.05, 4.69) is 12.2 Å². The van der Waals surface area contributed by atoms with Crippen molar-refractivity contribution in [2.45, 2.75) is 53.0 Å². The molecule has 1 heterocycles. The number of aryl methyl sites for hydroxylation is 1. The third-order valence-corrected chi connectivity index (χ3v) is 4.47. The molecule has 134 valence electrons. The van der Waals surface area contributed by atoms with Gasteiger partial charge in [0, 0.05) is 18.8 Å². The Kier molecular flexibility index (Phi) is 6.99. The molecule has 2 aromatic rings. The van der Waals surface area contributed by atoms with Crippen molar-refractivity contribution in [1.29, 1.82) is 0 Å². The molecule has 25 heavy (non-hydrogen) atoms. The fourth-order valence-corrected chi connectivity index (χ4v) is 3.09. The molecule has 1 aromatic carbocycles. The summed E-state index contributed by atoms with van der Waals surface area (Å²) in [4.78, 5) is 25.3. The molecular weight excluding hydrogens is 312 g/mol. The molecule has 0 atom stereocenters. The second kappa shape index (κ2) is 9.21. The van der Waals surface area contributed by atoms with Gasteiger partial charge in [0.2, 0.25) is 0 Å². The lowest BCUT2D eigenvalue weighted by Crippen LogP contribution is -2.35. The van der Waals surface area contributed by atoms with E-state index in [0.717, 1.165) is 36.9 Å². The smallest absolute Gasteiger partial charge is 0.263 e. The standard InChI is InChI=1S/C21H28N2O2/c1-4-6-14-23-19(5-2)16(3)15-18(21(23)25)20(24)22-13-12-17-10-8-7-9-11-17/h7-11,15H,4-6,12-14H2,1-3H3,(H,22,24). The van der Waals surface area contributed by atoms with Crippen molar-refractivity contribution in [3.05, 3.63) is 69.1 Å². The van der Waals surface area contributed by atoms with Crippen LogP contribution in [-0.4, -0.2) is 17.0 Å². The van der Waals surface area contributed by atoms with Crippen LogP contribution in [0.5, 0.6) is 0 Å². The Labute approximate surface area is 149 Å². The average molecular weight is 340 g/mol. The monoisotopic (exact) mass is 340 g/mol. The summed E-state index contributed by atoms with van der Waals surface area (Å²) in [7, 11) is 0. The zero-order chi connectivity index (χ0) is 18.2. The topological polar surface area (TPSA) is 51.1 Å². The van der Waals surface area contributed by atoms with E-state index in [4.69, 9.17) is 0 Å². The number of nitrogens with zero attached hydrogens (tertiary/aromatic N) is 1. The van der Waals surface area contributed by atoms with E-state index in [1.807, 2.05) is 44.2 Å². The molecule has 0 aliphatic carbocycles. The SMILES string of the molecule is CCCCn1c(CC)c(C)cc(C(=O)NCCc2ccccc2)c1=O. The van der Waals surface area contributed by atoms with E-state index in [-0.39, 0.29) is 17.0 Å². The molecule has 0 fully saturated rings. The Hall–Kier alpha value is -2.36. The van der Waals surface area contributed by atoms with Crippen molar-refractivity contribution in [3.63, 3.8) is 0 Å². The molecule has 1 aromatic heterocycles. The minimum Gasteiger partial charge on any atom is -0.352 e. The minimum absolute atomic E-state index is 0.173. The first kappa shape index (κ1) is 19.0. The van der Waals surface area contributed by atoms with Gasteiger partial charge in [0.25, 0.3) is 11.5 Å². The van der Waals surface area contributed by atoms with Gasteiger partial charge >= 0.3 is 0 Å². The summed E-state index contributed by atoms with van der Waals surface area (Å²) in [5.41, 5.74) is 3.28. The summed E-state index contributed by atoms with van der Waals surface area (Å²) in [6.07, 6.45) is 3.50. The second-order valence-electron chi connectivity index (χ2n) is 6.34. The Morgan fingerprint density at radius 3 is 2.52 bits per heavy atom. The molecule has 0 bridgehead atoms. The summed E-state index contributed by atoms with van der Waals surface area (Å²) in [5, 5.41) is 2.88. The molecule has 4 nitrogen and oxygen atoms in total. The Balaban J connectivity index is 2.15. The molecule has 0 saturated carbocycles. The van der Waals surface area contributed by atoms with Crippen molar-refractivity contribution in [3.8, 4) is 0 Å². The predicted octanol–water partition coefficient (Wildman–Crippen LogP) is 3.49. The molecule has 0 saturated heterocycles. The van der Waals surface area contributed by atoms with Crippen molar-refractivity contribution in [2.24, 2.45) is 0 Å². The van der Waals surface area contributed by atoms with E-state index in [1.165, 1.54) is 5.56 Å². The zero-order valence-electron chi connectivity index (χ0n) is 15.5. The van der Waals surface area contributed by atoms with Gasteiger partial charge in [-0.05, 0) is 43.4 Å². The van der Waals surface area contributed by atoms with Gasteiger partial charge in [-0.3, -0.25) is 9.59 Å². The number of rotatable bonds is 8. The van der Waals surface area contributed by atoms with Gasteiger partial charge in [-0.25, -0.2) is 0 Å². The van der Waals surface area contributed by atoms with Gasteiger partial charge in [0.05, 0.1) is 0 Å². The molecular formula is C21H28N2O2. The number of carbonyl (C=O) groups excluding carboxylic acids is 1. The molecule has 0 unspecified atom stereocenters. The number of unbranched alkanes of at least 4 members (excludes halogenated alkanes) is 1. The molecule has 0 spiro atoms. The van der Waals surface area contributed by atoms with E-state index in [0.29, 0.717) is 13.1 Å². The highest BCUT2D eigenvalue weighted by Gasteiger charge is 2.16. The van der Waals surface area contributed by atoms with E-state index in [1.54, 1.807) is 10.6 Å². The molecule has 2 rings (SSSR count). The molecule has 0 radical (unpaired) electrons. The normalized spacial score (nSPS) is 10.7. The summed E-state index contributed by atoms with van der Waals surface area (Å²) in [6.45, 7) is 7.31. The summed E-state index contributed by atoms with van der Waals surface area (Å²) in [6, 6.07) is 11.7. The zero-order valence-corrected chi connectivity index (χ0v) is 15.5. The fraction of sp³-hybridized carbons (Fsp3) is 0.429. The highest BCUT2D eigenvalue weighted by molar-refractivity contribution is 5.94. The van der Waals surface area contributed by atoms with Crippen LogP contribution in [0.2, 0.25) is 0 Å². The van der Waals surface area contributed by atoms with Crippen LogP contribution in [0.3, 0.4) is 0 Å². The quantitative estimate of drug-likeness (QED) is 0.800. The number of carbonyl (C=O) groups is 1. The second-order valence-corrected chi connectivity index (χ2v) is 6.34. The number of hydrogen-bond acceptors (Lipinski definition) is 2. The predicted molar refractivity (Wildman–Crippen MR) is 102 cm³/mol. The Bertz CT molecular complexity index is 763. The lowest BCUT2D eigenvalue weighted by molar-refractivity contribution is 0.0952. The van der Waals surface area contributed by atoms with Gasteiger partial charge in [-0.1, -0.05) is 50.6 Å². The number of hydrogen-bond donors (Lipinski definition) is 1. The van der Waals surface area contributed by atoms with Gasteiger partial charge in [-0.2, -0.15) is 0 Å². The third kappa shape index (κ3) is 4.81. The van der Waals surface area contributed by atoms with Crippen LogP contribution in [0.4, 0.5) is 0 Å². The van der Waals surface area contributed by atoms with Crippen LogP contribution < -0.4 is 10.9 Å². The van der Waals surface area contributed by atoms with E-state index < -0.39 is 0 Å². The molecule has 1 N–H and O–H groups in total. The van der Waals surface area contributed by atoms with Crippen LogP contribution in [0.25, 0.3) is 0 Å². The van der Waals surface area contributed by atoms with Crippen molar-refractivity contribution >= 4 is 5.91 Å². The first-order valence-corrected chi connectivity index (χ1v) is 9.13. The Morgan fingerprint density at radius 1 is 1.16 bits per heavy atom. The Morgan fingerprint density at radius 2 is 1.88 bits per heavy atom. The maximum absolute atomic E-state index is 12.8. The van der Waals surface area contributed by atoms with Crippen LogP contribution in [0.1, 0.15) is 53.9 Å². The summed E-state index contributed by atoms with van der Waals surface area (Å²) < 4.78 is 1.78. The number of amides is 1. The van der Waals surface area contributed by atoms with Crippen molar-refractivity contribution in [1.82, 2.24) is 9.88 Å². The highest BCUT2D eigenvalue weighted by Crippen LogP contribution is 2.10. The maximum atomic E-state index is 12.8. The summed E-state index contributed by atoms with van der Waals surface area (Å²) >= 11 is 0. The number of aromatic nitrogens is 1. The van der Waals surface area contributed by atoms with Crippen molar-refractivity contribution < 1.29 is 4.79 Å². The average Bonchev–Trinajstić information content (AvgIpc) is 2.62. The first-order chi connectivity index (χ1) is 12.1. The van der Waals surface area contributed by atoms with Crippen LogP contribution in [0, 0.1) is 6.92 Å². The lowest BCUT2D eigenvalue weighted by Gasteiger charge is -2.16. The molecule has 4 heteroatoms. The van der Waals surface area contributed by atoms with Gasteiger partial charge in [-0.15, -0.1) is 0 Å². The minimum atomic E-state index is -0.281. The lowest BCUT2D eigenvalue weighted by atomic mass is 10.1. The highest BCUT2D eigenvalue weighted by atomic mass is 16.2. The van der Waals surface area contributed by atoms with E-state index in [9.17, 15) is 9.59 Å². The number of pyridine rings is 1. The molecule has 0 aliphatic heterocycles. The number of benzene rings is 1. The van der Waals surface area contributed by atoms with Gasteiger partial charge in [0.15, 0.2) is 0 Å². The van der Waals surface area contributed by atoms with E-state index >= 15 is 0 Å². The van der Waals surface area contributed by atoms with Gasteiger partial charge < -0.3 is 9.88 Å². The van der Waals surface area contributed by atoms with Crippen LogP contribution in [0.15, 0.2) is 41.2 Å². The third-order valence-electron chi connectivity index (χ3n) is 4.47. The maximum Gasteiger partial charge on any atom is 0.263 e. The largest absolute Gasteiger partial charge is 0.352 e.